The highest BCUT2D eigenvalue weighted by Gasteiger charge is 2.25. The Morgan fingerprint density at radius 1 is 1.21 bits per heavy atom. The van der Waals surface area contributed by atoms with E-state index < -0.39 is 5.97 Å². The van der Waals surface area contributed by atoms with Gasteiger partial charge in [0.05, 0.1) is 5.69 Å². The molecular weight excluding hydrogens is 324 g/mol. The summed E-state index contributed by atoms with van der Waals surface area (Å²) in [7, 11) is 0. The first-order valence-corrected chi connectivity index (χ1v) is 8.67. The van der Waals surface area contributed by atoms with Gasteiger partial charge in [-0.15, -0.1) is 11.3 Å². The Labute approximate surface area is 142 Å². The number of nitrogens with zero attached hydrogens (tertiary/aromatic N) is 1. The van der Waals surface area contributed by atoms with E-state index in [-0.39, 0.29) is 10.4 Å². The van der Waals surface area contributed by atoms with Gasteiger partial charge in [-0.3, -0.25) is 9.36 Å². The lowest BCUT2D eigenvalue weighted by atomic mass is 10.2. The number of pyridine rings is 1. The SMILES string of the molecule is O=C(O)c1sc2c(ccc(=O)n2CC2CC2)c1Nc1ccccc1. The maximum Gasteiger partial charge on any atom is 0.348 e. The van der Waals surface area contributed by atoms with Crippen LogP contribution >= 0.6 is 11.3 Å². The van der Waals surface area contributed by atoms with E-state index in [1.165, 1.54) is 6.07 Å². The first-order valence-electron chi connectivity index (χ1n) is 7.85. The number of carboxylic acids is 1. The van der Waals surface area contributed by atoms with Crippen molar-refractivity contribution in [3.05, 3.63) is 57.7 Å². The van der Waals surface area contributed by atoms with Gasteiger partial charge >= 0.3 is 5.97 Å². The van der Waals surface area contributed by atoms with E-state index in [2.05, 4.69) is 5.32 Å². The molecule has 3 aromatic rings. The quantitative estimate of drug-likeness (QED) is 0.738. The second-order valence-electron chi connectivity index (χ2n) is 6.05. The number of fused-ring (bicyclic) bond motifs is 1. The summed E-state index contributed by atoms with van der Waals surface area (Å²) in [4.78, 5) is 24.9. The van der Waals surface area contributed by atoms with E-state index in [0.29, 0.717) is 18.2 Å². The Kier molecular flexibility index (Phi) is 3.61. The molecule has 24 heavy (non-hydrogen) atoms. The van der Waals surface area contributed by atoms with Crippen molar-refractivity contribution in [3.63, 3.8) is 0 Å². The number of nitrogens with one attached hydrogen (secondary N) is 1. The van der Waals surface area contributed by atoms with Gasteiger partial charge in [-0.05, 0) is 37.0 Å². The first kappa shape index (κ1) is 15.0. The van der Waals surface area contributed by atoms with Crippen LogP contribution in [0.25, 0.3) is 10.2 Å². The molecule has 1 fully saturated rings. The maximum atomic E-state index is 12.2. The van der Waals surface area contributed by atoms with Crippen LogP contribution in [0.3, 0.4) is 0 Å². The first-order chi connectivity index (χ1) is 11.6. The second kappa shape index (κ2) is 5.79. The Morgan fingerprint density at radius 2 is 1.96 bits per heavy atom. The summed E-state index contributed by atoms with van der Waals surface area (Å²) in [5.41, 5.74) is 1.30. The highest BCUT2D eigenvalue weighted by Crippen LogP contribution is 2.38. The molecule has 0 saturated heterocycles. The molecule has 2 aromatic heterocycles. The number of rotatable bonds is 5. The van der Waals surface area contributed by atoms with Crippen LogP contribution in [0.1, 0.15) is 22.5 Å². The summed E-state index contributed by atoms with van der Waals surface area (Å²) in [5, 5.41) is 13.6. The third-order valence-corrected chi connectivity index (χ3v) is 5.42. The number of benzene rings is 1. The lowest BCUT2D eigenvalue weighted by molar-refractivity contribution is 0.0703. The van der Waals surface area contributed by atoms with Gasteiger partial charge in [0.15, 0.2) is 0 Å². The average Bonchev–Trinajstić information content (AvgIpc) is 3.32. The van der Waals surface area contributed by atoms with E-state index in [0.717, 1.165) is 40.1 Å². The number of carbonyl (C=O) groups is 1. The molecule has 2 N–H and O–H groups in total. The van der Waals surface area contributed by atoms with Gasteiger partial charge in [0.2, 0.25) is 0 Å². The molecule has 0 atom stereocenters. The van der Waals surface area contributed by atoms with Gasteiger partial charge in [-0.1, -0.05) is 18.2 Å². The Balaban J connectivity index is 1.89. The molecule has 1 aromatic carbocycles. The number of para-hydroxylation sites is 1. The molecule has 1 aliphatic rings. The Morgan fingerprint density at radius 3 is 2.62 bits per heavy atom. The topological polar surface area (TPSA) is 71.3 Å². The van der Waals surface area contributed by atoms with Gasteiger partial charge in [-0.25, -0.2) is 4.79 Å². The van der Waals surface area contributed by atoms with E-state index in [9.17, 15) is 14.7 Å². The maximum absolute atomic E-state index is 12.2. The van der Waals surface area contributed by atoms with Crippen molar-refractivity contribution < 1.29 is 9.90 Å². The minimum absolute atomic E-state index is 0.0705. The summed E-state index contributed by atoms with van der Waals surface area (Å²) in [6, 6.07) is 12.7. The lowest BCUT2D eigenvalue weighted by Gasteiger charge is -2.08. The normalized spacial score (nSPS) is 14.0. The fourth-order valence-corrected chi connectivity index (χ4v) is 3.90. The molecule has 1 aliphatic carbocycles. The molecule has 0 aliphatic heterocycles. The van der Waals surface area contributed by atoms with Crippen molar-refractivity contribution in [1.29, 1.82) is 0 Å². The fraction of sp³-hybridized carbons (Fsp3) is 0.222. The standard InChI is InChI=1S/C18H16N2O3S/c21-14-9-8-13-15(19-12-4-2-1-3-5-12)16(18(22)23)24-17(13)20(14)10-11-6-7-11/h1-5,8-9,11,19H,6-7,10H2,(H,22,23). The Bertz CT molecular complexity index is 971. The molecule has 0 radical (unpaired) electrons. The summed E-state index contributed by atoms with van der Waals surface area (Å²) in [6.45, 7) is 0.667. The number of aromatic carboxylic acids is 1. The zero-order chi connectivity index (χ0) is 16.7. The van der Waals surface area contributed by atoms with E-state index >= 15 is 0 Å². The summed E-state index contributed by atoms with van der Waals surface area (Å²) in [6.07, 6.45) is 2.27. The summed E-state index contributed by atoms with van der Waals surface area (Å²) < 4.78 is 1.72. The molecule has 6 heteroatoms. The zero-order valence-corrected chi connectivity index (χ0v) is 13.7. The molecule has 122 valence electrons. The van der Waals surface area contributed by atoms with Gasteiger partial charge < -0.3 is 10.4 Å². The highest BCUT2D eigenvalue weighted by molar-refractivity contribution is 7.21. The number of carboxylic acid groups (broad SMARTS) is 1. The van der Waals surface area contributed by atoms with Crippen LogP contribution in [-0.2, 0) is 6.54 Å². The van der Waals surface area contributed by atoms with E-state index in [1.54, 1.807) is 10.6 Å². The summed E-state index contributed by atoms with van der Waals surface area (Å²) in [5.74, 6) is -0.450. The van der Waals surface area contributed by atoms with Crippen LogP contribution in [0.5, 0.6) is 0 Å². The van der Waals surface area contributed by atoms with Gasteiger partial charge in [0.25, 0.3) is 5.56 Å². The number of thiophene rings is 1. The average molecular weight is 340 g/mol. The van der Waals surface area contributed by atoms with Crippen LogP contribution in [0.4, 0.5) is 11.4 Å². The smallest absolute Gasteiger partial charge is 0.348 e. The van der Waals surface area contributed by atoms with Crippen molar-refractivity contribution in [2.24, 2.45) is 5.92 Å². The molecular formula is C18H16N2O3S. The second-order valence-corrected chi connectivity index (χ2v) is 7.05. The predicted molar refractivity (Wildman–Crippen MR) is 95.5 cm³/mol. The van der Waals surface area contributed by atoms with Crippen LogP contribution in [0.2, 0.25) is 0 Å². The fourth-order valence-electron chi connectivity index (χ4n) is 2.80. The van der Waals surface area contributed by atoms with E-state index in [1.807, 2.05) is 30.3 Å². The zero-order valence-electron chi connectivity index (χ0n) is 12.9. The van der Waals surface area contributed by atoms with Gasteiger partial charge in [-0.2, -0.15) is 0 Å². The highest BCUT2D eigenvalue weighted by atomic mass is 32.1. The minimum Gasteiger partial charge on any atom is -0.477 e. The number of aromatic nitrogens is 1. The van der Waals surface area contributed by atoms with Crippen molar-refractivity contribution in [3.8, 4) is 0 Å². The van der Waals surface area contributed by atoms with Crippen molar-refractivity contribution in [2.45, 2.75) is 19.4 Å². The summed E-state index contributed by atoms with van der Waals surface area (Å²) >= 11 is 1.16. The third kappa shape index (κ3) is 2.69. The Hall–Kier alpha value is -2.60. The largest absolute Gasteiger partial charge is 0.477 e. The molecule has 0 unspecified atom stereocenters. The van der Waals surface area contributed by atoms with Gasteiger partial charge in [0, 0.05) is 23.7 Å². The molecule has 2 heterocycles. The monoisotopic (exact) mass is 340 g/mol. The van der Waals surface area contributed by atoms with Crippen LogP contribution in [-0.4, -0.2) is 15.6 Å². The third-order valence-electron chi connectivity index (χ3n) is 4.20. The van der Waals surface area contributed by atoms with Crippen LogP contribution in [0, 0.1) is 5.92 Å². The molecule has 0 bridgehead atoms. The molecule has 1 saturated carbocycles. The molecule has 0 amide bonds. The molecule has 5 nitrogen and oxygen atoms in total. The number of hydrogen-bond acceptors (Lipinski definition) is 4. The number of anilines is 2. The van der Waals surface area contributed by atoms with Crippen molar-refractivity contribution >= 4 is 38.9 Å². The van der Waals surface area contributed by atoms with Crippen LogP contribution in [0.15, 0.2) is 47.3 Å². The molecule has 4 rings (SSSR count). The van der Waals surface area contributed by atoms with Gasteiger partial charge in [0.1, 0.15) is 9.71 Å². The van der Waals surface area contributed by atoms with Crippen LogP contribution < -0.4 is 10.9 Å². The lowest BCUT2D eigenvalue weighted by Crippen LogP contribution is -2.19. The predicted octanol–water partition coefficient (Wildman–Crippen LogP) is 3.91. The van der Waals surface area contributed by atoms with Crippen molar-refractivity contribution in [1.82, 2.24) is 4.57 Å². The van der Waals surface area contributed by atoms with E-state index in [4.69, 9.17) is 0 Å². The minimum atomic E-state index is -0.986. The number of hydrogen-bond donors (Lipinski definition) is 2. The van der Waals surface area contributed by atoms with Crippen molar-refractivity contribution in [2.75, 3.05) is 5.32 Å². The molecule has 0 spiro atoms.